The first-order valence-corrected chi connectivity index (χ1v) is 26.9. The molecular formula is C51H72N12S3. The van der Waals surface area contributed by atoms with E-state index in [1.165, 1.54) is 49.9 Å². The third-order valence-corrected chi connectivity index (χ3v) is 18.4. The first-order chi connectivity index (χ1) is 34.3. The molecule has 354 valence electrons. The summed E-state index contributed by atoms with van der Waals surface area (Å²) in [5, 5.41) is 13.9. The minimum absolute atomic E-state index is 0.419. The minimum Gasteiger partial charge on any atom is -0.367 e. The Kier molecular flexibility index (Phi) is 12.2. The Hall–Kier alpha value is -3.60. The minimum atomic E-state index is -1.25. The van der Waals surface area contributed by atoms with Gasteiger partial charge in [0.15, 0.2) is 0 Å². The topological polar surface area (TPSA) is 123 Å². The average molecular weight is 955 g/mol. The van der Waals surface area contributed by atoms with E-state index in [4.69, 9.17) is 8.22 Å². The molecule has 0 atom stereocenters. The van der Waals surface area contributed by atoms with Gasteiger partial charge in [-0.2, -0.15) is 0 Å². The highest BCUT2D eigenvalue weighted by molar-refractivity contribution is 7.19. The van der Waals surface area contributed by atoms with E-state index in [1.54, 1.807) is 41.7 Å². The zero-order valence-electron chi connectivity index (χ0n) is 45.7. The van der Waals surface area contributed by atoms with Crippen LogP contribution in [-0.2, 0) is 38.4 Å². The van der Waals surface area contributed by atoms with Crippen LogP contribution in [0.3, 0.4) is 0 Å². The molecule has 3 fully saturated rings. The molecule has 3 N–H and O–H groups in total. The fraction of sp³-hybridized carbons (Fsp3) is 0.647. The van der Waals surface area contributed by atoms with Gasteiger partial charge in [0.25, 0.3) is 0 Å². The zero-order chi connectivity index (χ0) is 50.7. The van der Waals surface area contributed by atoms with E-state index in [9.17, 15) is 0 Å². The lowest BCUT2D eigenvalue weighted by atomic mass is 9.90. The van der Waals surface area contributed by atoms with Crippen LogP contribution in [0.25, 0.3) is 30.6 Å². The molecule has 12 rings (SSSR count). The Balaban J connectivity index is 0.000000124. The molecule has 6 aliphatic carbocycles. The van der Waals surface area contributed by atoms with Gasteiger partial charge in [0, 0.05) is 59.1 Å². The number of thiophene rings is 3. The molecule has 0 unspecified atom stereocenters. The molecule has 66 heavy (non-hydrogen) atoms. The molecule has 0 aromatic carbocycles. The van der Waals surface area contributed by atoms with Gasteiger partial charge >= 0.3 is 0 Å². The van der Waals surface area contributed by atoms with Gasteiger partial charge in [-0.1, -0.05) is 0 Å². The van der Waals surface area contributed by atoms with Gasteiger partial charge in [0.2, 0.25) is 0 Å². The summed E-state index contributed by atoms with van der Waals surface area (Å²) in [7, 11) is 13.0. The van der Waals surface area contributed by atoms with Gasteiger partial charge in [-0.15, -0.1) is 34.0 Å². The van der Waals surface area contributed by atoms with E-state index in [2.05, 4.69) is 103 Å². The molecule has 6 aliphatic rings. The van der Waals surface area contributed by atoms with Gasteiger partial charge < -0.3 is 30.7 Å². The van der Waals surface area contributed by atoms with Crippen LogP contribution in [-0.4, -0.2) is 123 Å². The Morgan fingerprint density at radius 1 is 0.439 bits per heavy atom. The second kappa shape index (κ2) is 20.6. The molecule has 3 saturated carbocycles. The van der Waals surface area contributed by atoms with E-state index >= 15 is 0 Å². The molecule has 0 spiro atoms. The summed E-state index contributed by atoms with van der Waals surface area (Å²) >= 11 is 4.76. The summed E-state index contributed by atoms with van der Waals surface area (Å²) in [6.45, 7) is 0. The molecular weight excluding hydrogens is 877 g/mol. The second-order valence-corrected chi connectivity index (χ2v) is 23.0. The third-order valence-electron chi connectivity index (χ3n) is 15.0. The summed E-state index contributed by atoms with van der Waals surface area (Å²) in [6.07, 6.45) is 19.1. The fourth-order valence-electron chi connectivity index (χ4n) is 11.1. The number of rotatable bonds is 9. The van der Waals surface area contributed by atoms with Crippen LogP contribution < -0.4 is 16.0 Å². The van der Waals surface area contributed by atoms with Crippen LogP contribution in [0.15, 0.2) is 19.0 Å². The lowest BCUT2D eigenvalue weighted by Crippen LogP contribution is -2.36. The molecule has 0 saturated heterocycles. The molecule has 0 radical (unpaired) electrons. The van der Waals surface area contributed by atoms with Gasteiger partial charge in [0.1, 0.15) is 50.9 Å². The molecule has 6 heterocycles. The van der Waals surface area contributed by atoms with Crippen LogP contribution in [0.2, 0.25) is 0 Å². The average Bonchev–Trinajstić information content (AvgIpc) is 4.18. The van der Waals surface area contributed by atoms with E-state index in [-0.39, 0.29) is 0 Å². The molecule has 6 aromatic rings. The highest BCUT2D eigenvalue weighted by Crippen LogP contribution is 2.42. The van der Waals surface area contributed by atoms with E-state index in [0.29, 0.717) is 61.9 Å². The van der Waals surface area contributed by atoms with Crippen molar-refractivity contribution in [1.82, 2.24) is 44.6 Å². The number of hydrogen-bond donors (Lipinski definition) is 3. The summed E-state index contributed by atoms with van der Waals surface area (Å²) in [6, 6.07) is 3.37. The van der Waals surface area contributed by atoms with Crippen molar-refractivity contribution in [2.45, 2.75) is 171 Å². The summed E-state index contributed by atoms with van der Waals surface area (Å²) in [4.78, 5) is 39.7. The SMILES string of the molecule is [2H]C1([2H])CCc2c1sc1ncnc(NC3CCC(N(C)C)CC3)c21.[2H]C1([2H])CCc2sc3ncnc(NC4CCC(N(C)C)CC4)c3c21.[2H]C1([2H])Cc2sc3ncnc(NC4CCC(N(C)C)CC4)c3c2C1. The Bertz CT molecular complexity index is 2850. The van der Waals surface area contributed by atoms with Crippen LogP contribution in [0.1, 0.15) is 136 Å². The van der Waals surface area contributed by atoms with Crippen molar-refractivity contribution in [3.8, 4) is 0 Å². The Morgan fingerprint density at radius 3 is 1.26 bits per heavy atom. The van der Waals surface area contributed by atoms with Gasteiger partial charge in [-0.3, -0.25) is 0 Å². The summed E-state index contributed by atoms with van der Waals surface area (Å²) < 4.78 is 49.2. The standard InChI is InChI=1S/3C17H24N4S/c3*1-21(2)12-8-6-11(7-9-12)20-16-15-13-4-3-5-14(13)22-17(15)19-10-18-16/h3*10-12H,3-9H2,1-2H3,(H,18,19,20)/i5D2;4D2;3D2. The third kappa shape index (κ3) is 9.94. The lowest BCUT2D eigenvalue weighted by Gasteiger charge is -2.33. The molecule has 15 heteroatoms. The highest BCUT2D eigenvalue weighted by Gasteiger charge is 2.29. The molecule has 6 aromatic heterocycles. The van der Waals surface area contributed by atoms with Crippen molar-refractivity contribution in [2.75, 3.05) is 58.2 Å². The maximum absolute atomic E-state index is 8.34. The fourth-order valence-corrected chi connectivity index (χ4v) is 14.5. The highest BCUT2D eigenvalue weighted by atomic mass is 32.1. The summed E-state index contributed by atoms with van der Waals surface area (Å²) in [5.41, 5.74) is 3.10. The molecule has 12 nitrogen and oxygen atoms in total. The second-order valence-electron chi connectivity index (χ2n) is 19.8. The predicted molar refractivity (Wildman–Crippen MR) is 278 cm³/mol. The number of nitrogens with one attached hydrogen (secondary N) is 3. The number of hydrogen-bond acceptors (Lipinski definition) is 15. The van der Waals surface area contributed by atoms with Crippen LogP contribution in [0.4, 0.5) is 17.5 Å². The number of aromatic nitrogens is 6. The van der Waals surface area contributed by atoms with E-state index < -0.39 is 19.1 Å². The smallest absolute Gasteiger partial charge is 0.138 e. The Labute approximate surface area is 412 Å². The van der Waals surface area contributed by atoms with Crippen LogP contribution in [0, 0.1) is 0 Å². The number of anilines is 3. The van der Waals surface area contributed by atoms with Crippen molar-refractivity contribution in [3.05, 3.63) is 50.3 Å². The monoisotopic (exact) mass is 955 g/mol. The van der Waals surface area contributed by atoms with Gasteiger partial charge in [-0.05, 0) is 194 Å². The maximum Gasteiger partial charge on any atom is 0.138 e. The lowest BCUT2D eigenvalue weighted by molar-refractivity contribution is 0.221. The maximum atomic E-state index is 8.34. The molecule has 0 aliphatic heterocycles. The van der Waals surface area contributed by atoms with E-state index in [1.807, 2.05) is 0 Å². The molecule has 0 bridgehead atoms. The van der Waals surface area contributed by atoms with E-state index in [0.717, 1.165) is 131 Å². The summed E-state index contributed by atoms with van der Waals surface area (Å²) in [5.74, 6) is 2.64. The van der Waals surface area contributed by atoms with Crippen molar-refractivity contribution in [3.63, 3.8) is 0 Å². The zero-order valence-corrected chi connectivity index (χ0v) is 42.1. The van der Waals surface area contributed by atoms with Gasteiger partial charge in [-0.25, -0.2) is 29.9 Å². The first kappa shape index (κ1) is 39.3. The van der Waals surface area contributed by atoms with Crippen molar-refractivity contribution < 1.29 is 8.22 Å². The van der Waals surface area contributed by atoms with Crippen molar-refractivity contribution in [1.29, 1.82) is 0 Å². The molecule has 0 amide bonds. The normalized spacial score (nSPS) is 28.5. The largest absolute Gasteiger partial charge is 0.367 e. The quantitative estimate of drug-likeness (QED) is 0.128. The number of aryl methyl sites for hydroxylation is 6. The predicted octanol–water partition coefficient (Wildman–Crippen LogP) is 10.4. The van der Waals surface area contributed by atoms with Crippen molar-refractivity contribution >= 4 is 82.1 Å². The number of fused-ring (bicyclic) bond motifs is 9. The number of nitrogens with zero attached hydrogens (tertiary/aromatic N) is 9. The van der Waals surface area contributed by atoms with Crippen LogP contribution >= 0.6 is 34.0 Å². The van der Waals surface area contributed by atoms with Gasteiger partial charge in [0.05, 0.1) is 16.2 Å². The Morgan fingerprint density at radius 2 is 0.818 bits per heavy atom. The van der Waals surface area contributed by atoms with Crippen LogP contribution in [0.5, 0.6) is 0 Å². The first-order valence-electron chi connectivity index (χ1n) is 27.4. The van der Waals surface area contributed by atoms with Crippen molar-refractivity contribution in [2.24, 2.45) is 0 Å².